The monoisotopic (exact) mass is 340 g/mol. The molecule has 121 valence electrons. The van der Waals surface area contributed by atoms with Gasteiger partial charge in [0.25, 0.3) is 0 Å². The zero-order valence-electron chi connectivity index (χ0n) is 11.7. The highest BCUT2D eigenvalue weighted by Gasteiger charge is 2.47. The number of aliphatic hydroxyl groups excluding tert-OH is 1. The minimum atomic E-state index is -3.60. The summed E-state index contributed by atoms with van der Waals surface area (Å²) in [6.07, 6.45) is 1.20. The molecule has 0 amide bonds. The molecule has 3 N–H and O–H groups in total. The molecule has 11 nitrogen and oxygen atoms in total. The Bertz CT molecular complexity index is 780. The minimum Gasteiger partial charge on any atom is -0.394 e. The maximum Gasteiger partial charge on any atom is 0.505 e. The summed E-state index contributed by atoms with van der Waals surface area (Å²) < 4.78 is 34.1. The molecule has 2 fully saturated rings. The van der Waals surface area contributed by atoms with Crippen LogP contribution in [0.15, 0.2) is 12.7 Å². The number of nitrogens with two attached hydrogens (primary N) is 1. The number of phosphoric acid groups is 1. The summed E-state index contributed by atoms with van der Waals surface area (Å²) in [5.74, 6) is 0.232. The normalized spacial score (nSPS) is 29.3. The van der Waals surface area contributed by atoms with Crippen molar-refractivity contribution in [3.63, 3.8) is 0 Å². The number of rotatable bonds is 4. The number of nitrogens with zero attached hydrogens (tertiary/aromatic N) is 4. The summed E-state index contributed by atoms with van der Waals surface area (Å²) in [4.78, 5) is 12.2. The third kappa shape index (κ3) is 2.53. The largest absolute Gasteiger partial charge is 0.505 e. The second-order valence-electron chi connectivity index (χ2n) is 5.05. The predicted molar refractivity (Wildman–Crippen MR) is 75.8 cm³/mol. The Hall–Kier alpha value is -1.56. The fourth-order valence-electron chi connectivity index (χ4n) is 2.56. The number of aliphatic hydroxyl groups is 1. The van der Waals surface area contributed by atoms with Gasteiger partial charge < -0.3 is 24.5 Å². The molecule has 4 heterocycles. The van der Waals surface area contributed by atoms with Gasteiger partial charge in [0.2, 0.25) is 0 Å². The fraction of sp³-hybridized carbons (Fsp3) is 0.500. The smallest absolute Gasteiger partial charge is 0.394 e. The Morgan fingerprint density at radius 2 is 2.30 bits per heavy atom. The van der Waals surface area contributed by atoms with Gasteiger partial charge in [-0.3, -0.25) is 9.09 Å². The van der Waals surface area contributed by atoms with Crippen molar-refractivity contribution < 1.29 is 27.8 Å². The summed E-state index contributed by atoms with van der Waals surface area (Å²) in [5, 5.41) is 9.34. The predicted octanol–water partition coefficient (Wildman–Crippen LogP) is -0.237. The van der Waals surface area contributed by atoms with Crippen LogP contribution in [0.4, 0.5) is 5.82 Å². The van der Waals surface area contributed by atoms with Crippen molar-refractivity contribution in [2.45, 2.75) is 24.9 Å². The van der Waals surface area contributed by atoms with Crippen LogP contribution < -0.4 is 5.73 Å². The van der Waals surface area contributed by atoms with Crippen LogP contribution in [0, 0.1) is 0 Å². The van der Waals surface area contributed by atoms with E-state index < -0.39 is 26.3 Å². The maximum absolute atomic E-state index is 12.0. The first kappa shape index (κ1) is 15.0. The van der Waals surface area contributed by atoms with Crippen molar-refractivity contribution in [2.24, 2.45) is 0 Å². The Labute approximate surface area is 130 Å². The van der Waals surface area contributed by atoms with Gasteiger partial charge in [-0.15, -0.1) is 0 Å². The first-order valence-electron chi connectivity index (χ1n) is 6.76. The van der Waals surface area contributed by atoms with Crippen molar-refractivity contribution in [3.05, 3.63) is 12.7 Å². The zero-order chi connectivity index (χ0) is 16.0. The molecule has 2 aromatic heterocycles. The number of hydrogen-bond donors (Lipinski definition) is 2. The van der Waals surface area contributed by atoms with E-state index in [1.165, 1.54) is 12.7 Å². The van der Waals surface area contributed by atoms with Gasteiger partial charge in [0, 0.05) is 6.42 Å². The first-order chi connectivity index (χ1) is 11.1. The second-order valence-corrected chi connectivity index (χ2v) is 6.57. The number of nitrogen functional groups attached to an aromatic ring is 1. The number of aromatic nitrogens is 4. The number of imidazole rings is 1. The number of anilines is 1. The summed E-state index contributed by atoms with van der Waals surface area (Å²) in [5.41, 5.74) is 6.62. The molecule has 0 aliphatic carbocycles. The van der Waals surface area contributed by atoms with Crippen LogP contribution in [0.25, 0.3) is 11.2 Å². The lowest BCUT2D eigenvalue weighted by Crippen LogP contribution is -2.26. The zero-order valence-corrected chi connectivity index (χ0v) is 12.6. The van der Waals surface area contributed by atoms with Crippen molar-refractivity contribution in [1.29, 1.82) is 0 Å². The Balaban J connectivity index is 1.68. The number of hydrogen-bond acceptors (Lipinski definition) is 10. The van der Waals surface area contributed by atoms with Gasteiger partial charge in [-0.2, -0.15) is 0 Å². The SMILES string of the molecule is Nc1ncnc2c1ncn2[C@@H]1O[C@H](CO)C[C@H]1OP1(=O)O[B]O1. The summed E-state index contributed by atoms with van der Waals surface area (Å²) in [7, 11) is -2.66. The third-order valence-electron chi connectivity index (χ3n) is 3.62. The van der Waals surface area contributed by atoms with E-state index in [1.807, 2.05) is 0 Å². The summed E-state index contributed by atoms with van der Waals surface area (Å²) >= 11 is 0. The Kier molecular flexibility index (Phi) is 3.60. The molecule has 0 bridgehead atoms. The fourth-order valence-corrected chi connectivity index (χ4v) is 3.41. The van der Waals surface area contributed by atoms with Gasteiger partial charge in [0.15, 0.2) is 17.7 Å². The van der Waals surface area contributed by atoms with E-state index in [9.17, 15) is 9.67 Å². The molecular weight excluding hydrogens is 328 g/mol. The lowest BCUT2D eigenvalue weighted by molar-refractivity contribution is -0.0490. The van der Waals surface area contributed by atoms with Crippen LogP contribution >= 0.6 is 7.82 Å². The van der Waals surface area contributed by atoms with Gasteiger partial charge in [-0.25, -0.2) is 19.5 Å². The van der Waals surface area contributed by atoms with E-state index in [-0.39, 0.29) is 12.4 Å². The molecule has 0 aromatic carbocycles. The van der Waals surface area contributed by atoms with E-state index in [2.05, 4.69) is 15.0 Å². The molecule has 23 heavy (non-hydrogen) atoms. The lowest BCUT2D eigenvalue weighted by Gasteiger charge is -2.29. The topological polar surface area (TPSA) is 144 Å². The van der Waals surface area contributed by atoms with Gasteiger partial charge in [0.05, 0.1) is 19.0 Å². The highest BCUT2D eigenvalue weighted by Crippen LogP contribution is 2.58. The Morgan fingerprint density at radius 3 is 3.00 bits per heavy atom. The molecule has 2 aliphatic heterocycles. The van der Waals surface area contributed by atoms with Crippen LogP contribution in [0.1, 0.15) is 12.6 Å². The van der Waals surface area contributed by atoms with Crippen molar-refractivity contribution in [1.82, 2.24) is 19.5 Å². The molecule has 13 heteroatoms. The summed E-state index contributed by atoms with van der Waals surface area (Å²) in [6.45, 7) is -0.210. The molecule has 3 atom stereocenters. The molecule has 2 aliphatic rings. The molecule has 0 spiro atoms. The second kappa shape index (κ2) is 5.51. The maximum atomic E-state index is 12.0. The van der Waals surface area contributed by atoms with E-state index >= 15 is 0 Å². The van der Waals surface area contributed by atoms with Crippen LogP contribution in [0.2, 0.25) is 0 Å². The van der Waals surface area contributed by atoms with Crippen LogP contribution in [0.5, 0.6) is 0 Å². The quantitative estimate of drug-likeness (QED) is 0.565. The van der Waals surface area contributed by atoms with E-state index in [1.54, 1.807) is 4.57 Å². The molecule has 1 radical (unpaired) electrons. The molecule has 0 unspecified atom stereocenters. The molecular formula is C10H12BN5O6P. The minimum absolute atomic E-state index is 0.210. The Morgan fingerprint density at radius 1 is 1.48 bits per heavy atom. The highest BCUT2D eigenvalue weighted by molar-refractivity contribution is 7.53. The van der Waals surface area contributed by atoms with Crippen molar-refractivity contribution in [3.8, 4) is 0 Å². The van der Waals surface area contributed by atoms with Crippen LogP contribution in [0.3, 0.4) is 0 Å². The average Bonchev–Trinajstić information content (AvgIpc) is 3.10. The van der Waals surface area contributed by atoms with E-state index in [0.29, 0.717) is 17.6 Å². The highest BCUT2D eigenvalue weighted by atomic mass is 31.2. The van der Waals surface area contributed by atoms with Crippen LogP contribution in [-0.2, 0) is 22.7 Å². The van der Waals surface area contributed by atoms with Crippen molar-refractivity contribution in [2.75, 3.05) is 12.3 Å². The third-order valence-corrected chi connectivity index (χ3v) is 4.84. The molecule has 4 rings (SSSR count). The van der Waals surface area contributed by atoms with Gasteiger partial charge in [0.1, 0.15) is 17.9 Å². The van der Waals surface area contributed by atoms with Gasteiger partial charge in [-0.1, -0.05) is 0 Å². The van der Waals surface area contributed by atoms with Crippen LogP contribution in [-0.4, -0.2) is 51.1 Å². The average molecular weight is 340 g/mol. The molecule has 2 saturated heterocycles. The van der Waals surface area contributed by atoms with E-state index in [0.717, 1.165) is 7.69 Å². The summed E-state index contributed by atoms with van der Waals surface area (Å²) in [6, 6.07) is 0. The standard InChI is InChI=1S/C10H12BN5O6P/c12-8-7-9(14-3-13-8)16(4-15-7)10-6(1-5(2-17)19-10)20-23(18)21-11-22-23/h3-6,10,17H,1-2H2,(H2,12,13,14)/t5-,6+,10+/m0/s1. The van der Waals surface area contributed by atoms with Gasteiger partial charge in [-0.05, 0) is 0 Å². The number of ether oxygens (including phenoxy) is 1. The van der Waals surface area contributed by atoms with E-state index in [4.69, 9.17) is 23.9 Å². The molecule has 2 aromatic rings. The van der Waals surface area contributed by atoms with Crippen molar-refractivity contribution >= 4 is 32.5 Å². The number of fused-ring (bicyclic) bond motifs is 1. The lowest BCUT2D eigenvalue weighted by atomic mass is 10.2. The first-order valence-corrected chi connectivity index (χ1v) is 8.22. The molecule has 0 saturated carbocycles. The van der Waals surface area contributed by atoms with Gasteiger partial charge >= 0.3 is 15.5 Å².